The van der Waals surface area contributed by atoms with Gasteiger partial charge in [0.1, 0.15) is 5.82 Å². The van der Waals surface area contributed by atoms with Crippen molar-refractivity contribution in [1.29, 1.82) is 0 Å². The van der Waals surface area contributed by atoms with Crippen molar-refractivity contribution in [3.05, 3.63) is 29.6 Å². The zero-order valence-electron chi connectivity index (χ0n) is 11.7. The lowest BCUT2D eigenvalue weighted by atomic mass is 10.1. The number of aryl methyl sites for hydroxylation is 1. The molecule has 0 aliphatic heterocycles. The molecule has 3 heteroatoms. The van der Waals surface area contributed by atoms with Crippen molar-refractivity contribution >= 4 is 22.6 Å². The number of fused-ring (bicyclic) bond motifs is 1. The Morgan fingerprint density at radius 1 is 1.42 bits per heavy atom. The number of aromatic nitrogens is 2. The van der Waals surface area contributed by atoms with Crippen LogP contribution in [0.15, 0.2) is 18.2 Å². The second-order valence-corrected chi connectivity index (χ2v) is 6.03. The van der Waals surface area contributed by atoms with Gasteiger partial charge >= 0.3 is 0 Å². The van der Waals surface area contributed by atoms with E-state index in [4.69, 9.17) is 16.6 Å². The van der Waals surface area contributed by atoms with E-state index >= 15 is 0 Å². The predicted molar refractivity (Wildman–Crippen MR) is 80.7 cm³/mol. The lowest BCUT2D eigenvalue weighted by molar-refractivity contribution is 0.429. The fourth-order valence-corrected chi connectivity index (χ4v) is 3.14. The Bertz CT molecular complexity index is 584. The molecule has 102 valence electrons. The van der Waals surface area contributed by atoms with Crippen LogP contribution in [0.25, 0.3) is 11.0 Å². The maximum Gasteiger partial charge on any atom is 0.125 e. The molecule has 1 heterocycles. The van der Waals surface area contributed by atoms with Gasteiger partial charge in [0.2, 0.25) is 0 Å². The lowest BCUT2D eigenvalue weighted by Crippen LogP contribution is -2.11. The first-order valence-electron chi connectivity index (χ1n) is 7.26. The summed E-state index contributed by atoms with van der Waals surface area (Å²) in [4.78, 5) is 4.72. The van der Waals surface area contributed by atoms with Crippen LogP contribution in [-0.4, -0.2) is 9.55 Å². The minimum absolute atomic E-state index is 0.495. The van der Waals surface area contributed by atoms with Gasteiger partial charge in [-0.15, -0.1) is 11.6 Å². The largest absolute Gasteiger partial charge is 0.324 e. The third kappa shape index (κ3) is 2.51. The van der Waals surface area contributed by atoms with Crippen molar-refractivity contribution in [3.8, 4) is 0 Å². The first-order chi connectivity index (χ1) is 9.22. The van der Waals surface area contributed by atoms with Crippen LogP contribution in [0.3, 0.4) is 0 Å². The van der Waals surface area contributed by atoms with E-state index in [0.29, 0.717) is 11.9 Å². The summed E-state index contributed by atoms with van der Waals surface area (Å²) in [6, 6.07) is 7.08. The van der Waals surface area contributed by atoms with Crippen molar-refractivity contribution in [2.24, 2.45) is 5.92 Å². The molecular formula is C16H21ClN2. The Morgan fingerprint density at radius 2 is 2.21 bits per heavy atom. The van der Waals surface area contributed by atoms with Gasteiger partial charge in [-0.3, -0.25) is 0 Å². The Labute approximate surface area is 119 Å². The van der Waals surface area contributed by atoms with Gasteiger partial charge in [0, 0.05) is 6.04 Å². The van der Waals surface area contributed by atoms with Gasteiger partial charge in [-0.1, -0.05) is 25.8 Å². The zero-order chi connectivity index (χ0) is 13.4. The molecule has 1 aliphatic carbocycles. The van der Waals surface area contributed by atoms with E-state index in [1.54, 1.807) is 0 Å². The van der Waals surface area contributed by atoms with E-state index < -0.39 is 0 Å². The topological polar surface area (TPSA) is 17.8 Å². The fraction of sp³-hybridized carbons (Fsp3) is 0.562. The number of hydrogen-bond acceptors (Lipinski definition) is 1. The highest BCUT2D eigenvalue weighted by molar-refractivity contribution is 6.16. The normalized spacial score (nSPS) is 17.0. The number of alkyl halides is 1. The van der Waals surface area contributed by atoms with Crippen LogP contribution < -0.4 is 0 Å². The van der Waals surface area contributed by atoms with Crippen LogP contribution in [0.2, 0.25) is 0 Å². The predicted octanol–water partition coefficient (Wildman–Crippen LogP) is 4.83. The molecule has 1 unspecified atom stereocenters. The van der Waals surface area contributed by atoms with E-state index in [1.807, 2.05) is 0 Å². The summed E-state index contributed by atoms with van der Waals surface area (Å²) < 4.78 is 2.39. The summed E-state index contributed by atoms with van der Waals surface area (Å²) in [6.07, 6.45) is 5.23. The molecular weight excluding hydrogens is 256 g/mol. The molecule has 0 N–H and O–H groups in total. The first-order valence-corrected chi connectivity index (χ1v) is 7.79. The van der Waals surface area contributed by atoms with Gasteiger partial charge in [-0.2, -0.15) is 0 Å². The molecule has 19 heavy (non-hydrogen) atoms. The fourth-order valence-electron chi connectivity index (χ4n) is 2.95. The van der Waals surface area contributed by atoms with Gasteiger partial charge in [0.05, 0.1) is 16.9 Å². The van der Waals surface area contributed by atoms with Gasteiger partial charge < -0.3 is 4.57 Å². The van der Waals surface area contributed by atoms with Crippen LogP contribution >= 0.6 is 11.6 Å². The molecule has 0 bridgehead atoms. The Balaban J connectivity index is 2.07. The standard InChI is InChI=1S/C16H21ClN2/c1-3-13(9-12-5-6-12)19-15-7-4-11(2)8-14(15)18-16(19)10-17/h4,7-8,12-13H,3,5-6,9-10H2,1-2H3. The lowest BCUT2D eigenvalue weighted by Gasteiger charge is -2.20. The van der Waals surface area contributed by atoms with Crippen molar-refractivity contribution in [2.45, 2.75) is 51.5 Å². The summed E-state index contributed by atoms with van der Waals surface area (Å²) in [5, 5.41) is 0. The van der Waals surface area contributed by atoms with E-state index in [2.05, 4.69) is 36.6 Å². The van der Waals surface area contributed by atoms with E-state index in [1.165, 1.54) is 30.3 Å². The van der Waals surface area contributed by atoms with Gasteiger partial charge in [0.25, 0.3) is 0 Å². The van der Waals surface area contributed by atoms with Gasteiger partial charge in [0.15, 0.2) is 0 Å². The second kappa shape index (κ2) is 5.16. The van der Waals surface area contributed by atoms with Crippen LogP contribution in [0.1, 0.15) is 50.0 Å². The monoisotopic (exact) mass is 276 g/mol. The molecule has 1 aliphatic rings. The number of rotatable bonds is 5. The van der Waals surface area contributed by atoms with Crippen LogP contribution in [0.5, 0.6) is 0 Å². The Morgan fingerprint density at radius 3 is 2.84 bits per heavy atom. The molecule has 0 radical (unpaired) electrons. The highest BCUT2D eigenvalue weighted by Crippen LogP contribution is 2.39. The first kappa shape index (κ1) is 13.0. The molecule has 1 fully saturated rings. The van der Waals surface area contributed by atoms with Crippen molar-refractivity contribution in [3.63, 3.8) is 0 Å². The number of halogens is 1. The van der Waals surface area contributed by atoms with Gasteiger partial charge in [-0.05, 0) is 43.4 Å². The average molecular weight is 277 g/mol. The number of imidazole rings is 1. The molecule has 0 spiro atoms. The summed E-state index contributed by atoms with van der Waals surface area (Å²) in [7, 11) is 0. The second-order valence-electron chi connectivity index (χ2n) is 5.76. The van der Waals surface area contributed by atoms with E-state index in [9.17, 15) is 0 Å². The number of nitrogens with zero attached hydrogens (tertiary/aromatic N) is 2. The summed E-state index contributed by atoms with van der Waals surface area (Å²) >= 11 is 6.11. The van der Waals surface area contributed by atoms with Gasteiger partial charge in [-0.25, -0.2) is 4.98 Å². The highest BCUT2D eigenvalue weighted by Gasteiger charge is 2.27. The molecule has 3 rings (SSSR count). The SMILES string of the molecule is CCC(CC1CC1)n1c(CCl)nc2cc(C)ccc21. The molecule has 1 aromatic carbocycles. The molecule has 1 aromatic heterocycles. The third-order valence-corrected chi connectivity index (χ3v) is 4.42. The molecule has 2 nitrogen and oxygen atoms in total. The third-order valence-electron chi connectivity index (χ3n) is 4.18. The average Bonchev–Trinajstić information content (AvgIpc) is 3.15. The van der Waals surface area contributed by atoms with Crippen molar-refractivity contribution in [1.82, 2.24) is 9.55 Å². The van der Waals surface area contributed by atoms with Crippen LogP contribution in [-0.2, 0) is 5.88 Å². The molecule has 1 saturated carbocycles. The van der Waals surface area contributed by atoms with Crippen molar-refractivity contribution < 1.29 is 0 Å². The Hall–Kier alpha value is -1.02. The molecule has 0 amide bonds. The summed E-state index contributed by atoms with van der Waals surface area (Å²) in [5.41, 5.74) is 3.59. The van der Waals surface area contributed by atoms with Crippen molar-refractivity contribution in [2.75, 3.05) is 0 Å². The minimum atomic E-state index is 0.495. The molecule has 1 atom stereocenters. The number of benzene rings is 1. The summed E-state index contributed by atoms with van der Waals surface area (Å²) in [6.45, 7) is 4.38. The number of hydrogen-bond donors (Lipinski definition) is 0. The maximum atomic E-state index is 6.11. The quantitative estimate of drug-likeness (QED) is 0.715. The molecule has 2 aromatic rings. The van der Waals surface area contributed by atoms with Crippen LogP contribution in [0.4, 0.5) is 0 Å². The molecule has 0 saturated heterocycles. The Kier molecular flexibility index (Phi) is 3.53. The van der Waals surface area contributed by atoms with Crippen LogP contribution in [0, 0.1) is 12.8 Å². The smallest absolute Gasteiger partial charge is 0.125 e. The highest BCUT2D eigenvalue weighted by atomic mass is 35.5. The van der Waals surface area contributed by atoms with E-state index in [-0.39, 0.29) is 0 Å². The van der Waals surface area contributed by atoms with E-state index in [0.717, 1.165) is 23.7 Å². The minimum Gasteiger partial charge on any atom is -0.324 e. The maximum absolute atomic E-state index is 6.11. The zero-order valence-corrected chi connectivity index (χ0v) is 12.5. The summed E-state index contributed by atoms with van der Waals surface area (Å²) in [5.74, 6) is 2.44.